The number of nitrogens with zero attached hydrogens (tertiary/aromatic N) is 2. The Labute approximate surface area is 297 Å². The predicted octanol–water partition coefficient (Wildman–Crippen LogP) is 6.48. The monoisotopic (exact) mass is 702 g/mol. The minimum atomic E-state index is -1.82. The molecule has 280 valence electrons. The van der Waals surface area contributed by atoms with Gasteiger partial charge in [-0.2, -0.15) is 0 Å². The van der Waals surface area contributed by atoms with Crippen molar-refractivity contribution in [2.75, 3.05) is 26.0 Å². The highest BCUT2D eigenvalue weighted by atomic mass is 16.6. The van der Waals surface area contributed by atoms with Gasteiger partial charge in [-0.3, -0.25) is 14.4 Å². The number of ketones is 1. The molecular weight excluding hydrogens is 644 g/mol. The molecule has 2 rings (SSSR count). The van der Waals surface area contributed by atoms with E-state index in [-0.39, 0.29) is 35.7 Å². The van der Waals surface area contributed by atoms with Crippen LogP contribution in [0.2, 0.25) is 0 Å². The maximum Gasteiger partial charge on any atom is 0.418 e. The van der Waals surface area contributed by atoms with Gasteiger partial charge in [0.1, 0.15) is 11.9 Å². The highest BCUT2D eigenvalue weighted by Gasteiger charge is 2.55. The molecule has 2 atom stereocenters. The summed E-state index contributed by atoms with van der Waals surface area (Å²) in [5.74, 6) is -2.97. The zero-order chi connectivity index (χ0) is 37.8. The Morgan fingerprint density at radius 3 is 2.08 bits per heavy atom. The molecule has 1 fully saturated rings. The van der Waals surface area contributed by atoms with Gasteiger partial charge in [0.25, 0.3) is 11.8 Å². The molecule has 2 unspecified atom stereocenters. The number of amides is 5. The number of rotatable bonds is 19. The number of ether oxygens (including phenoxy) is 3. The smallest absolute Gasteiger partial charge is 0.418 e. The van der Waals surface area contributed by atoms with E-state index in [9.17, 15) is 28.8 Å². The topological polar surface area (TPSA) is 161 Å². The SMILES string of the molecule is CCCCCCCCCCC(CNC(=O)N(C)C)OC(=O)c1ccc(NC(=O)C(C(=O)C(C)(C)C)N2C(=O)OC(C)(C)C2=O)c(OC(C)C)c1. The van der Waals surface area contributed by atoms with Gasteiger partial charge in [0, 0.05) is 19.5 Å². The standard InChI is InChI=1S/C37H58N4O9/c1-11-12-13-14-15-16-17-18-19-26(23-38-34(46)40(9)10)49-32(44)25-20-21-27(28(22-25)48-24(2)3)39-31(43)29(30(42)36(4,5)6)41-33(45)37(7,8)50-35(41)47/h20-22,24,26,29H,11-19,23H2,1-10H3,(H,38,46)(H,39,43). The molecule has 5 amide bonds. The van der Waals surface area contributed by atoms with Crippen LogP contribution in [0.25, 0.3) is 0 Å². The maximum atomic E-state index is 13.8. The lowest BCUT2D eigenvalue weighted by Crippen LogP contribution is -2.55. The van der Waals surface area contributed by atoms with Crippen LogP contribution in [0.15, 0.2) is 18.2 Å². The Kier molecular flexibility index (Phi) is 15.7. The number of nitrogens with one attached hydrogen (secondary N) is 2. The van der Waals surface area contributed by atoms with Gasteiger partial charge in [-0.15, -0.1) is 0 Å². The first kappa shape index (κ1) is 42.0. The number of hydrogen-bond donors (Lipinski definition) is 2. The third-order valence-corrected chi connectivity index (χ3v) is 8.15. The summed E-state index contributed by atoms with van der Waals surface area (Å²) in [4.78, 5) is 80.7. The highest BCUT2D eigenvalue weighted by Crippen LogP contribution is 2.32. The van der Waals surface area contributed by atoms with E-state index in [1.54, 1.807) is 48.7 Å². The molecule has 0 aliphatic carbocycles. The molecule has 1 aliphatic rings. The van der Waals surface area contributed by atoms with E-state index >= 15 is 0 Å². The molecule has 0 bridgehead atoms. The Morgan fingerprint density at radius 1 is 0.960 bits per heavy atom. The molecule has 1 aromatic rings. The van der Waals surface area contributed by atoms with E-state index in [4.69, 9.17) is 14.2 Å². The molecule has 0 spiro atoms. The van der Waals surface area contributed by atoms with Crippen molar-refractivity contribution < 1.29 is 43.0 Å². The van der Waals surface area contributed by atoms with Crippen molar-refractivity contribution in [2.24, 2.45) is 5.41 Å². The van der Waals surface area contributed by atoms with Crippen LogP contribution >= 0.6 is 0 Å². The van der Waals surface area contributed by atoms with Gasteiger partial charge >= 0.3 is 18.1 Å². The van der Waals surface area contributed by atoms with Crippen LogP contribution in [0.5, 0.6) is 5.75 Å². The molecule has 1 aliphatic heterocycles. The normalized spacial score (nSPS) is 15.3. The number of imide groups is 1. The first-order valence-electron chi connectivity index (χ1n) is 17.7. The average Bonchev–Trinajstić information content (AvgIpc) is 3.22. The number of carbonyl (C=O) groups is 6. The number of esters is 1. The molecular formula is C37H58N4O9. The van der Waals surface area contributed by atoms with Crippen molar-refractivity contribution in [3.05, 3.63) is 23.8 Å². The van der Waals surface area contributed by atoms with Gasteiger partial charge in [0.05, 0.1) is 23.9 Å². The zero-order valence-electron chi connectivity index (χ0n) is 31.6. The number of Topliss-reactive ketones (excluding diaryl/α,β-unsaturated/α-hetero) is 1. The van der Waals surface area contributed by atoms with Gasteiger partial charge in [-0.05, 0) is 58.7 Å². The number of benzene rings is 1. The quantitative estimate of drug-likeness (QED) is 0.0934. The summed E-state index contributed by atoms with van der Waals surface area (Å²) in [6.45, 7) is 13.3. The summed E-state index contributed by atoms with van der Waals surface area (Å²) >= 11 is 0. The van der Waals surface area contributed by atoms with Crippen LogP contribution in [0.1, 0.15) is 124 Å². The molecule has 1 heterocycles. The van der Waals surface area contributed by atoms with Crippen LogP contribution in [-0.2, 0) is 23.9 Å². The third kappa shape index (κ3) is 12.3. The molecule has 1 aromatic carbocycles. The van der Waals surface area contributed by atoms with Crippen molar-refractivity contribution >= 4 is 41.4 Å². The molecule has 0 aromatic heterocycles. The first-order chi connectivity index (χ1) is 23.3. The number of cyclic esters (lactones) is 1. The lowest BCUT2D eigenvalue weighted by atomic mass is 9.85. The average molecular weight is 703 g/mol. The minimum absolute atomic E-state index is 0.111. The summed E-state index contributed by atoms with van der Waals surface area (Å²) in [5, 5.41) is 5.43. The van der Waals surface area contributed by atoms with Crippen molar-refractivity contribution in [1.29, 1.82) is 0 Å². The van der Waals surface area contributed by atoms with Gasteiger partial charge in [0.2, 0.25) is 0 Å². The second-order valence-corrected chi connectivity index (χ2v) is 14.8. The summed E-state index contributed by atoms with van der Waals surface area (Å²) in [6.07, 6.45) is 7.45. The second kappa shape index (κ2) is 18.7. The molecule has 2 N–H and O–H groups in total. The Morgan fingerprint density at radius 2 is 1.56 bits per heavy atom. The van der Waals surface area contributed by atoms with Gasteiger partial charge < -0.3 is 29.7 Å². The molecule has 13 nitrogen and oxygen atoms in total. The fourth-order valence-corrected chi connectivity index (χ4v) is 5.26. The summed E-state index contributed by atoms with van der Waals surface area (Å²) < 4.78 is 17.0. The molecule has 50 heavy (non-hydrogen) atoms. The van der Waals surface area contributed by atoms with Crippen LogP contribution in [0.4, 0.5) is 15.3 Å². The van der Waals surface area contributed by atoms with Crippen molar-refractivity contribution in [2.45, 2.75) is 137 Å². The Balaban J connectivity index is 2.29. The summed E-state index contributed by atoms with van der Waals surface area (Å²) in [6, 6.07) is 2.17. The van der Waals surface area contributed by atoms with E-state index in [1.165, 1.54) is 62.6 Å². The molecule has 0 radical (unpaired) electrons. The van der Waals surface area contributed by atoms with Gasteiger partial charge in [0.15, 0.2) is 17.4 Å². The number of hydrogen-bond acceptors (Lipinski definition) is 9. The van der Waals surface area contributed by atoms with Crippen LogP contribution in [0.3, 0.4) is 0 Å². The van der Waals surface area contributed by atoms with E-state index in [0.29, 0.717) is 11.3 Å². The molecule has 13 heteroatoms. The minimum Gasteiger partial charge on any atom is -0.489 e. The largest absolute Gasteiger partial charge is 0.489 e. The lowest BCUT2D eigenvalue weighted by molar-refractivity contribution is -0.145. The van der Waals surface area contributed by atoms with Gasteiger partial charge in [-0.1, -0.05) is 72.6 Å². The molecule has 0 saturated carbocycles. The number of urea groups is 1. The number of anilines is 1. The first-order valence-corrected chi connectivity index (χ1v) is 17.7. The maximum absolute atomic E-state index is 13.8. The Bertz CT molecular complexity index is 1370. The predicted molar refractivity (Wildman–Crippen MR) is 190 cm³/mol. The summed E-state index contributed by atoms with van der Waals surface area (Å²) in [7, 11) is 3.25. The lowest BCUT2D eigenvalue weighted by Gasteiger charge is -2.28. The number of unbranched alkanes of at least 4 members (excludes halogenated alkanes) is 7. The fourth-order valence-electron chi connectivity index (χ4n) is 5.26. The molecule has 1 saturated heterocycles. The van der Waals surface area contributed by atoms with Gasteiger partial charge in [-0.25, -0.2) is 19.3 Å². The van der Waals surface area contributed by atoms with Crippen LogP contribution in [-0.4, -0.2) is 90.0 Å². The van der Waals surface area contributed by atoms with E-state index in [2.05, 4.69) is 17.6 Å². The number of carbonyl (C=O) groups excluding carboxylic acids is 6. The van der Waals surface area contributed by atoms with Crippen LogP contribution < -0.4 is 15.4 Å². The van der Waals surface area contributed by atoms with Crippen molar-refractivity contribution in [1.82, 2.24) is 15.1 Å². The van der Waals surface area contributed by atoms with Crippen molar-refractivity contribution in [3.8, 4) is 5.75 Å². The fraction of sp³-hybridized carbons (Fsp3) is 0.676. The highest BCUT2D eigenvalue weighted by molar-refractivity contribution is 6.19. The van der Waals surface area contributed by atoms with E-state index < -0.39 is 52.8 Å². The van der Waals surface area contributed by atoms with E-state index in [1.807, 2.05) is 0 Å². The third-order valence-electron chi connectivity index (χ3n) is 8.15. The van der Waals surface area contributed by atoms with Crippen LogP contribution in [0, 0.1) is 5.41 Å². The Hall–Kier alpha value is -4.16. The van der Waals surface area contributed by atoms with Crippen molar-refractivity contribution in [3.63, 3.8) is 0 Å². The second-order valence-electron chi connectivity index (χ2n) is 14.8. The van der Waals surface area contributed by atoms with E-state index in [0.717, 1.165) is 25.7 Å². The summed E-state index contributed by atoms with van der Waals surface area (Å²) in [5.41, 5.74) is -2.40. The zero-order valence-corrected chi connectivity index (χ0v) is 31.6.